The molecule has 4 heteroatoms. The summed E-state index contributed by atoms with van der Waals surface area (Å²) in [4.78, 5) is 23.5. The van der Waals surface area contributed by atoms with E-state index < -0.39 is 0 Å². The molecule has 4 nitrogen and oxygen atoms in total. The number of hydrogen-bond donors (Lipinski definition) is 2. The molecule has 0 aromatic heterocycles. The van der Waals surface area contributed by atoms with Crippen molar-refractivity contribution in [1.82, 2.24) is 5.32 Å². The molecule has 0 fully saturated rings. The van der Waals surface area contributed by atoms with E-state index >= 15 is 0 Å². The maximum atomic E-state index is 11.8. The molecule has 2 N–H and O–H groups in total. The van der Waals surface area contributed by atoms with Gasteiger partial charge in [0.25, 0.3) is 0 Å². The number of carbonyl (C=O) groups is 2. The highest BCUT2D eigenvalue weighted by Gasteiger charge is 2.09. The van der Waals surface area contributed by atoms with E-state index in [1.807, 2.05) is 55.5 Å². The molecule has 0 bridgehead atoms. The Morgan fingerprint density at radius 2 is 1.73 bits per heavy atom. The van der Waals surface area contributed by atoms with E-state index in [-0.39, 0.29) is 18.2 Å². The van der Waals surface area contributed by atoms with Crippen LogP contribution < -0.4 is 10.6 Å². The van der Waals surface area contributed by atoms with Gasteiger partial charge in [-0.15, -0.1) is 0 Å². The lowest BCUT2D eigenvalue weighted by Crippen LogP contribution is -2.29. The van der Waals surface area contributed by atoms with Crippen molar-refractivity contribution in [2.24, 2.45) is 0 Å². The van der Waals surface area contributed by atoms with Crippen LogP contribution >= 0.6 is 0 Å². The van der Waals surface area contributed by atoms with Gasteiger partial charge in [0, 0.05) is 12.2 Å². The molecule has 22 heavy (non-hydrogen) atoms. The number of hydrogen-bond acceptors (Lipinski definition) is 2. The van der Waals surface area contributed by atoms with Gasteiger partial charge in [0.1, 0.15) is 6.42 Å². The summed E-state index contributed by atoms with van der Waals surface area (Å²) in [5.41, 5.74) is 2.93. The molecular weight excluding hydrogens is 276 g/mol. The van der Waals surface area contributed by atoms with E-state index in [9.17, 15) is 9.59 Å². The van der Waals surface area contributed by atoms with Crippen LogP contribution in [0.4, 0.5) is 5.69 Å². The van der Waals surface area contributed by atoms with E-state index in [1.165, 1.54) is 0 Å². The summed E-state index contributed by atoms with van der Waals surface area (Å²) in [7, 11) is 0. The van der Waals surface area contributed by atoms with Gasteiger partial charge in [0.2, 0.25) is 11.8 Å². The molecule has 2 amide bonds. The Bertz CT molecular complexity index is 639. The molecule has 0 saturated heterocycles. The third-order valence-corrected chi connectivity index (χ3v) is 3.20. The maximum Gasteiger partial charge on any atom is 0.233 e. The van der Waals surface area contributed by atoms with Crippen molar-refractivity contribution in [3.63, 3.8) is 0 Å². The highest BCUT2D eigenvalue weighted by atomic mass is 16.2. The van der Waals surface area contributed by atoms with E-state index in [1.54, 1.807) is 6.07 Å². The summed E-state index contributed by atoms with van der Waals surface area (Å²) in [6, 6.07) is 17.4. The third-order valence-electron chi connectivity index (χ3n) is 3.20. The van der Waals surface area contributed by atoms with Crippen LogP contribution in [0.15, 0.2) is 54.6 Å². The molecule has 0 saturated carbocycles. The number of rotatable bonds is 6. The van der Waals surface area contributed by atoms with Gasteiger partial charge < -0.3 is 10.6 Å². The zero-order chi connectivity index (χ0) is 15.8. The second kappa shape index (κ2) is 7.98. The standard InChI is InChI=1S/C18H20N2O2/c1-14-6-5-9-16(12-14)20-18(22)13-17(21)19-11-10-15-7-3-2-4-8-15/h2-9,12H,10-11,13H2,1H3,(H,19,21)(H,20,22). The number of amides is 2. The largest absolute Gasteiger partial charge is 0.355 e. The summed E-state index contributed by atoms with van der Waals surface area (Å²) in [6.45, 7) is 2.48. The fourth-order valence-corrected chi connectivity index (χ4v) is 2.13. The quantitative estimate of drug-likeness (QED) is 0.805. The van der Waals surface area contributed by atoms with Gasteiger partial charge in [-0.05, 0) is 36.6 Å². The van der Waals surface area contributed by atoms with Crippen molar-refractivity contribution in [1.29, 1.82) is 0 Å². The van der Waals surface area contributed by atoms with E-state index in [0.717, 1.165) is 17.5 Å². The van der Waals surface area contributed by atoms with E-state index in [2.05, 4.69) is 10.6 Å². The Morgan fingerprint density at radius 1 is 0.955 bits per heavy atom. The molecule has 0 atom stereocenters. The van der Waals surface area contributed by atoms with Crippen LogP contribution in [-0.4, -0.2) is 18.4 Å². The summed E-state index contributed by atoms with van der Waals surface area (Å²) < 4.78 is 0. The molecule has 114 valence electrons. The summed E-state index contributed by atoms with van der Waals surface area (Å²) in [6.07, 6.45) is 0.592. The lowest BCUT2D eigenvalue weighted by atomic mass is 10.1. The molecule has 0 aliphatic rings. The van der Waals surface area contributed by atoms with Gasteiger partial charge in [0.15, 0.2) is 0 Å². The van der Waals surface area contributed by atoms with Crippen molar-refractivity contribution in [2.45, 2.75) is 19.8 Å². The third kappa shape index (κ3) is 5.40. The Balaban J connectivity index is 1.71. The Labute approximate surface area is 130 Å². The van der Waals surface area contributed by atoms with Crippen LogP contribution in [0.25, 0.3) is 0 Å². The normalized spacial score (nSPS) is 10.0. The van der Waals surface area contributed by atoms with Crippen molar-refractivity contribution >= 4 is 17.5 Å². The highest BCUT2D eigenvalue weighted by molar-refractivity contribution is 6.03. The highest BCUT2D eigenvalue weighted by Crippen LogP contribution is 2.09. The SMILES string of the molecule is Cc1cccc(NC(=O)CC(=O)NCCc2ccccc2)c1. The summed E-state index contributed by atoms with van der Waals surface area (Å²) >= 11 is 0. The van der Waals surface area contributed by atoms with Gasteiger partial charge in [-0.1, -0.05) is 42.5 Å². The molecule has 0 radical (unpaired) electrons. The second-order valence-electron chi connectivity index (χ2n) is 5.18. The molecule has 2 rings (SSSR count). The Kier molecular flexibility index (Phi) is 5.72. The van der Waals surface area contributed by atoms with Crippen LogP contribution in [0.3, 0.4) is 0 Å². The van der Waals surface area contributed by atoms with Gasteiger partial charge in [-0.3, -0.25) is 9.59 Å². The fourth-order valence-electron chi connectivity index (χ4n) is 2.13. The maximum absolute atomic E-state index is 11.8. The van der Waals surface area contributed by atoms with E-state index in [0.29, 0.717) is 12.2 Å². The van der Waals surface area contributed by atoms with Gasteiger partial charge >= 0.3 is 0 Å². The number of anilines is 1. The monoisotopic (exact) mass is 296 g/mol. The van der Waals surface area contributed by atoms with Crippen molar-refractivity contribution in [3.05, 3.63) is 65.7 Å². The summed E-state index contributed by atoms with van der Waals surface area (Å²) in [5.74, 6) is -0.566. The molecule has 0 heterocycles. The molecule has 2 aromatic rings. The first-order valence-corrected chi connectivity index (χ1v) is 7.30. The van der Waals surface area contributed by atoms with Crippen LogP contribution in [0.5, 0.6) is 0 Å². The predicted octanol–water partition coefficient (Wildman–Crippen LogP) is 2.68. The summed E-state index contributed by atoms with van der Waals surface area (Å²) in [5, 5.41) is 5.48. The number of nitrogens with one attached hydrogen (secondary N) is 2. The molecule has 0 aliphatic heterocycles. The molecular formula is C18H20N2O2. The Hall–Kier alpha value is -2.62. The van der Waals surface area contributed by atoms with Crippen LogP contribution in [0.2, 0.25) is 0 Å². The average Bonchev–Trinajstić information content (AvgIpc) is 2.48. The second-order valence-corrected chi connectivity index (χ2v) is 5.18. The molecule has 0 aliphatic carbocycles. The van der Waals surface area contributed by atoms with Crippen molar-refractivity contribution < 1.29 is 9.59 Å². The first-order valence-electron chi connectivity index (χ1n) is 7.30. The minimum absolute atomic E-state index is 0.164. The first-order chi connectivity index (χ1) is 10.6. The average molecular weight is 296 g/mol. The fraction of sp³-hybridized carbons (Fsp3) is 0.222. The smallest absolute Gasteiger partial charge is 0.233 e. The number of aryl methyl sites for hydroxylation is 1. The van der Waals surface area contributed by atoms with Crippen molar-refractivity contribution in [2.75, 3.05) is 11.9 Å². The number of carbonyl (C=O) groups excluding carboxylic acids is 2. The number of benzene rings is 2. The van der Waals surface area contributed by atoms with Gasteiger partial charge in [0.05, 0.1) is 0 Å². The van der Waals surface area contributed by atoms with Gasteiger partial charge in [-0.25, -0.2) is 0 Å². The topological polar surface area (TPSA) is 58.2 Å². The minimum Gasteiger partial charge on any atom is -0.355 e. The van der Waals surface area contributed by atoms with Crippen molar-refractivity contribution in [3.8, 4) is 0 Å². The first kappa shape index (κ1) is 15.8. The molecule has 2 aromatic carbocycles. The Morgan fingerprint density at radius 3 is 2.45 bits per heavy atom. The molecule has 0 spiro atoms. The predicted molar refractivity (Wildman–Crippen MR) is 87.6 cm³/mol. The lowest BCUT2D eigenvalue weighted by molar-refractivity contribution is -0.126. The van der Waals surface area contributed by atoms with E-state index in [4.69, 9.17) is 0 Å². The zero-order valence-corrected chi connectivity index (χ0v) is 12.6. The zero-order valence-electron chi connectivity index (χ0n) is 12.6. The van der Waals surface area contributed by atoms with Gasteiger partial charge in [-0.2, -0.15) is 0 Å². The van der Waals surface area contributed by atoms with Crippen LogP contribution in [0.1, 0.15) is 17.5 Å². The minimum atomic E-state index is -0.303. The van der Waals surface area contributed by atoms with Crippen LogP contribution in [0, 0.1) is 6.92 Å². The van der Waals surface area contributed by atoms with Crippen LogP contribution in [-0.2, 0) is 16.0 Å². The molecule has 0 unspecified atom stereocenters. The lowest BCUT2D eigenvalue weighted by Gasteiger charge is -2.07.